The van der Waals surface area contributed by atoms with E-state index in [0.717, 1.165) is 29.4 Å². The fourth-order valence-electron chi connectivity index (χ4n) is 4.39. The molecule has 1 aliphatic heterocycles. The molecule has 0 radical (unpaired) electrons. The Bertz CT molecular complexity index is 896. The van der Waals surface area contributed by atoms with Crippen LogP contribution in [0.5, 0.6) is 0 Å². The van der Waals surface area contributed by atoms with Crippen molar-refractivity contribution in [2.45, 2.75) is 46.0 Å². The number of benzene rings is 1. The van der Waals surface area contributed by atoms with E-state index in [1.807, 2.05) is 25.6 Å². The lowest BCUT2D eigenvalue weighted by atomic mass is 9.75. The van der Waals surface area contributed by atoms with Gasteiger partial charge in [0.05, 0.1) is 12.3 Å². The number of carbonyl (C=O) groups is 1. The van der Waals surface area contributed by atoms with Crippen LogP contribution in [0.1, 0.15) is 41.8 Å². The highest BCUT2D eigenvalue weighted by molar-refractivity contribution is 5.76. The summed E-state index contributed by atoms with van der Waals surface area (Å²) in [5, 5.41) is 14.5. The zero-order valence-corrected chi connectivity index (χ0v) is 17.3. The van der Waals surface area contributed by atoms with Gasteiger partial charge in [-0.05, 0) is 56.7 Å². The van der Waals surface area contributed by atoms with Crippen LogP contribution < -0.4 is 0 Å². The zero-order chi connectivity index (χ0) is 21.2. The van der Waals surface area contributed by atoms with Crippen LogP contribution in [0.2, 0.25) is 0 Å². The molecule has 1 amide bonds. The summed E-state index contributed by atoms with van der Waals surface area (Å²) in [4.78, 5) is 14.6. The molecule has 0 bridgehead atoms. The normalized spacial score (nSPS) is 19.6. The second kappa shape index (κ2) is 8.61. The molecule has 1 N–H and O–H groups in total. The van der Waals surface area contributed by atoms with Gasteiger partial charge in [0.1, 0.15) is 11.6 Å². The van der Waals surface area contributed by atoms with Crippen LogP contribution in [0.3, 0.4) is 0 Å². The molecule has 0 aliphatic carbocycles. The van der Waals surface area contributed by atoms with Crippen LogP contribution in [0, 0.1) is 30.9 Å². The van der Waals surface area contributed by atoms with Crippen molar-refractivity contribution in [1.29, 1.82) is 0 Å². The summed E-state index contributed by atoms with van der Waals surface area (Å²) < 4.78 is 29.2. The molecule has 3 rings (SSSR count). The van der Waals surface area contributed by atoms with Crippen LogP contribution in [0.15, 0.2) is 18.2 Å². The van der Waals surface area contributed by atoms with E-state index in [4.69, 9.17) is 0 Å². The lowest BCUT2D eigenvalue weighted by Gasteiger charge is -2.42. The Balaban J connectivity index is 1.68. The third kappa shape index (κ3) is 4.66. The van der Waals surface area contributed by atoms with Gasteiger partial charge in [-0.3, -0.25) is 9.48 Å². The monoisotopic (exact) mass is 405 g/mol. The molecule has 2 heterocycles. The number of nitrogens with zero attached hydrogens (tertiary/aromatic N) is 3. The molecule has 0 saturated carbocycles. The molecule has 1 aromatic carbocycles. The van der Waals surface area contributed by atoms with Gasteiger partial charge in [0.15, 0.2) is 0 Å². The quantitative estimate of drug-likeness (QED) is 0.804. The number of aliphatic hydroxyl groups is 1. The van der Waals surface area contributed by atoms with Crippen molar-refractivity contribution >= 4 is 5.91 Å². The average Bonchev–Trinajstić information content (AvgIpc) is 2.94. The number of hydrogen-bond acceptors (Lipinski definition) is 3. The van der Waals surface area contributed by atoms with E-state index in [0.29, 0.717) is 37.9 Å². The van der Waals surface area contributed by atoms with Gasteiger partial charge in [-0.2, -0.15) is 5.10 Å². The van der Waals surface area contributed by atoms with Gasteiger partial charge in [0, 0.05) is 43.7 Å². The molecule has 0 spiro atoms. The molecule has 1 aromatic heterocycles. The summed E-state index contributed by atoms with van der Waals surface area (Å²) in [6, 6.07) is 3.52. The molecule has 29 heavy (non-hydrogen) atoms. The number of amides is 1. The Kier molecular flexibility index (Phi) is 6.36. The number of piperidine rings is 1. The molecular weight excluding hydrogens is 376 g/mol. The van der Waals surface area contributed by atoms with Crippen LogP contribution in [0.4, 0.5) is 8.78 Å². The van der Waals surface area contributed by atoms with Crippen molar-refractivity contribution in [2.75, 3.05) is 19.7 Å². The van der Waals surface area contributed by atoms with E-state index in [2.05, 4.69) is 5.10 Å². The highest BCUT2D eigenvalue weighted by atomic mass is 19.1. The largest absolute Gasteiger partial charge is 0.396 e. The number of aryl methyl sites for hydroxylation is 2. The predicted molar refractivity (Wildman–Crippen MR) is 106 cm³/mol. The first-order valence-electron chi connectivity index (χ1n) is 10.1. The smallest absolute Gasteiger partial charge is 0.222 e. The maximum Gasteiger partial charge on any atom is 0.222 e. The number of aliphatic hydroxyl groups excluding tert-OH is 1. The van der Waals surface area contributed by atoms with E-state index in [-0.39, 0.29) is 18.9 Å². The van der Waals surface area contributed by atoms with E-state index >= 15 is 0 Å². The Morgan fingerprint density at radius 3 is 2.69 bits per heavy atom. The van der Waals surface area contributed by atoms with E-state index in [1.54, 1.807) is 4.90 Å². The van der Waals surface area contributed by atoms with Crippen molar-refractivity contribution in [3.8, 4) is 0 Å². The second-order valence-corrected chi connectivity index (χ2v) is 8.26. The Hall–Kier alpha value is -2.28. The van der Waals surface area contributed by atoms with E-state index in [9.17, 15) is 18.7 Å². The molecule has 1 saturated heterocycles. The van der Waals surface area contributed by atoms with Gasteiger partial charge < -0.3 is 10.0 Å². The van der Waals surface area contributed by atoms with Crippen molar-refractivity contribution in [3.05, 3.63) is 52.3 Å². The Morgan fingerprint density at radius 1 is 1.31 bits per heavy atom. The van der Waals surface area contributed by atoms with Crippen LogP contribution in [-0.2, 0) is 24.7 Å². The lowest BCUT2D eigenvalue weighted by molar-refractivity contribution is -0.135. The minimum absolute atomic E-state index is 0.0322. The summed E-state index contributed by atoms with van der Waals surface area (Å²) in [5.41, 5.74) is 2.86. The van der Waals surface area contributed by atoms with Gasteiger partial charge in [-0.15, -0.1) is 0 Å². The van der Waals surface area contributed by atoms with Crippen molar-refractivity contribution in [3.63, 3.8) is 0 Å². The summed E-state index contributed by atoms with van der Waals surface area (Å²) in [5.74, 6) is -1.20. The van der Waals surface area contributed by atoms with Crippen molar-refractivity contribution in [1.82, 2.24) is 14.7 Å². The lowest BCUT2D eigenvalue weighted by Crippen LogP contribution is -2.49. The first kappa shape index (κ1) is 21.4. The van der Waals surface area contributed by atoms with E-state index < -0.39 is 17.0 Å². The van der Waals surface area contributed by atoms with Crippen LogP contribution in [0.25, 0.3) is 0 Å². The molecule has 1 aliphatic rings. The SMILES string of the molecule is Cc1nn(C)c(C)c1CCC(=O)N1CCC[C@@](CO)(Cc2ccc(F)cc2F)C1. The van der Waals surface area contributed by atoms with Gasteiger partial charge in [-0.25, -0.2) is 8.78 Å². The molecule has 7 heteroatoms. The third-order valence-corrected chi connectivity index (χ3v) is 6.18. The van der Waals surface area contributed by atoms with Gasteiger partial charge in [0.25, 0.3) is 0 Å². The molecule has 1 atom stereocenters. The zero-order valence-electron chi connectivity index (χ0n) is 17.3. The van der Waals surface area contributed by atoms with E-state index in [1.165, 1.54) is 12.1 Å². The topological polar surface area (TPSA) is 58.4 Å². The standard InChI is InChI=1S/C22H29F2N3O2/c1-15-19(16(2)26(3)25-15)7-8-21(29)27-10-4-9-22(13-27,14-28)12-17-5-6-18(23)11-20(17)24/h5-6,11,28H,4,7-10,12-14H2,1-3H3/t22-/m1/s1. The summed E-state index contributed by atoms with van der Waals surface area (Å²) in [7, 11) is 1.89. The Labute approximate surface area is 170 Å². The summed E-state index contributed by atoms with van der Waals surface area (Å²) >= 11 is 0. The minimum atomic E-state index is -0.620. The predicted octanol–water partition coefficient (Wildman–Crippen LogP) is 3.09. The third-order valence-electron chi connectivity index (χ3n) is 6.18. The van der Waals surface area contributed by atoms with Gasteiger partial charge >= 0.3 is 0 Å². The minimum Gasteiger partial charge on any atom is -0.396 e. The fourth-order valence-corrected chi connectivity index (χ4v) is 4.39. The highest BCUT2D eigenvalue weighted by Crippen LogP contribution is 2.34. The fraction of sp³-hybridized carbons (Fsp3) is 0.545. The maximum absolute atomic E-state index is 14.1. The van der Waals surface area contributed by atoms with Crippen LogP contribution >= 0.6 is 0 Å². The number of likely N-dealkylation sites (tertiary alicyclic amines) is 1. The number of halogens is 2. The average molecular weight is 405 g/mol. The molecule has 2 aromatic rings. The van der Waals surface area contributed by atoms with Gasteiger partial charge in [0.2, 0.25) is 5.91 Å². The van der Waals surface area contributed by atoms with Gasteiger partial charge in [-0.1, -0.05) is 6.07 Å². The molecule has 0 unspecified atom stereocenters. The molecular formula is C22H29F2N3O2. The van der Waals surface area contributed by atoms with Crippen molar-refractivity contribution < 1.29 is 18.7 Å². The molecule has 1 fully saturated rings. The number of rotatable bonds is 6. The first-order chi connectivity index (χ1) is 13.7. The second-order valence-electron chi connectivity index (χ2n) is 8.26. The van der Waals surface area contributed by atoms with Crippen molar-refractivity contribution in [2.24, 2.45) is 12.5 Å². The highest BCUT2D eigenvalue weighted by Gasteiger charge is 2.37. The number of hydrogen-bond donors (Lipinski definition) is 1. The summed E-state index contributed by atoms with van der Waals surface area (Å²) in [6.45, 7) is 4.81. The summed E-state index contributed by atoms with van der Waals surface area (Å²) in [6.07, 6.45) is 2.73. The number of carbonyl (C=O) groups excluding carboxylic acids is 1. The Morgan fingerprint density at radius 2 is 2.07 bits per heavy atom. The number of aromatic nitrogens is 2. The molecule has 5 nitrogen and oxygen atoms in total. The van der Waals surface area contributed by atoms with Crippen LogP contribution in [-0.4, -0.2) is 45.4 Å². The molecule has 158 valence electrons. The first-order valence-corrected chi connectivity index (χ1v) is 10.1. The maximum atomic E-state index is 14.1.